The Morgan fingerprint density at radius 3 is 2.35 bits per heavy atom. The topological polar surface area (TPSA) is 71.5 Å². The predicted molar refractivity (Wildman–Crippen MR) is 97.3 cm³/mol. The number of carbonyl (C=O) groups excluding carboxylic acids is 2. The second-order valence-corrected chi connectivity index (χ2v) is 6.26. The van der Waals surface area contributed by atoms with Crippen molar-refractivity contribution in [3.05, 3.63) is 53.7 Å². The summed E-state index contributed by atoms with van der Waals surface area (Å²) in [6.45, 7) is -0.594. The van der Waals surface area contributed by atoms with Crippen molar-refractivity contribution in [2.24, 2.45) is 0 Å². The molecule has 0 fully saturated rings. The maximum Gasteiger partial charge on any atom is 0.471 e. The maximum absolute atomic E-state index is 12.6. The molecule has 0 aliphatic heterocycles. The Hall–Kier alpha value is -3.31. The molecule has 31 heavy (non-hydrogen) atoms. The van der Waals surface area contributed by atoms with Crippen molar-refractivity contribution >= 4 is 17.5 Å². The fraction of sp³-hybridized carbons (Fsp3) is 0.316. The Morgan fingerprint density at radius 2 is 1.81 bits per heavy atom. The highest BCUT2D eigenvalue weighted by molar-refractivity contribution is 6.04. The number of nitrogens with one attached hydrogen (secondary N) is 1. The van der Waals surface area contributed by atoms with E-state index < -0.39 is 30.8 Å². The van der Waals surface area contributed by atoms with Gasteiger partial charge in [0.1, 0.15) is 0 Å². The average molecular weight is 449 g/mol. The molecule has 0 bridgehead atoms. The number of hydrogen-bond donors (Lipinski definition) is 1. The standard InChI is InChI=1S/C19H17F6N3O3/c1-2-28(17(30)19(23,24)25)10-12-4-3-5-14(8-12)27-16(29)13-6-7-15(26-9-13)31-11-18(20,21)22/h3-9H,2,10-11H2,1H3,(H,27,29). The number of nitrogens with zero attached hydrogens (tertiary/aromatic N) is 2. The Balaban J connectivity index is 2.03. The monoisotopic (exact) mass is 449 g/mol. The molecule has 0 unspecified atom stereocenters. The van der Waals surface area contributed by atoms with Gasteiger partial charge in [0, 0.05) is 31.0 Å². The molecule has 0 saturated heterocycles. The van der Waals surface area contributed by atoms with E-state index in [1.54, 1.807) is 0 Å². The smallest absolute Gasteiger partial charge is 0.468 e. The van der Waals surface area contributed by atoms with Crippen LogP contribution < -0.4 is 10.1 Å². The molecule has 2 aromatic rings. The zero-order valence-corrected chi connectivity index (χ0v) is 16.0. The fourth-order valence-electron chi connectivity index (χ4n) is 2.43. The van der Waals surface area contributed by atoms with E-state index in [-0.39, 0.29) is 30.2 Å². The minimum Gasteiger partial charge on any atom is -0.468 e. The molecule has 0 atom stereocenters. The van der Waals surface area contributed by atoms with Gasteiger partial charge in [0.15, 0.2) is 6.61 Å². The van der Waals surface area contributed by atoms with Gasteiger partial charge in [0.2, 0.25) is 5.88 Å². The zero-order chi connectivity index (χ0) is 23.2. The normalized spacial score (nSPS) is 11.7. The first-order valence-electron chi connectivity index (χ1n) is 8.81. The number of benzene rings is 1. The van der Waals surface area contributed by atoms with Crippen LogP contribution in [0.4, 0.5) is 32.0 Å². The minimum atomic E-state index is -5.00. The van der Waals surface area contributed by atoms with E-state index in [1.807, 2.05) is 0 Å². The van der Waals surface area contributed by atoms with Crippen LogP contribution in [0.3, 0.4) is 0 Å². The van der Waals surface area contributed by atoms with Crippen molar-refractivity contribution in [1.29, 1.82) is 0 Å². The second-order valence-electron chi connectivity index (χ2n) is 6.26. The summed E-state index contributed by atoms with van der Waals surface area (Å²) in [6.07, 6.45) is -8.50. The van der Waals surface area contributed by atoms with Crippen molar-refractivity contribution in [2.45, 2.75) is 25.8 Å². The van der Waals surface area contributed by atoms with Crippen molar-refractivity contribution in [1.82, 2.24) is 9.88 Å². The van der Waals surface area contributed by atoms with Gasteiger partial charge in [-0.15, -0.1) is 0 Å². The summed E-state index contributed by atoms with van der Waals surface area (Å²) in [6, 6.07) is 8.17. The highest BCUT2D eigenvalue weighted by Gasteiger charge is 2.41. The number of rotatable bonds is 7. The predicted octanol–water partition coefficient (Wildman–Crippen LogP) is 4.19. The van der Waals surface area contributed by atoms with Crippen LogP contribution in [0, 0.1) is 0 Å². The van der Waals surface area contributed by atoms with Crippen LogP contribution in [-0.2, 0) is 11.3 Å². The highest BCUT2D eigenvalue weighted by atomic mass is 19.4. The molecular formula is C19H17F6N3O3. The van der Waals surface area contributed by atoms with Gasteiger partial charge < -0.3 is 15.0 Å². The van der Waals surface area contributed by atoms with Crippen LogP contribution >= 0.6 is 0 Å². The first-order chi connectivity index (χ1) is 14.4. The van der Waals surface area contributed by atoms with Crippen LogP contribution in [0.15, 0.2) is 42.6 Å². The molecule has 6 nitrogen and oxygen atoms in total. The summed E-state index contributed by atoms with van der Waals surface area (Å²) in [4.78, 5) is 28.0. The van der Waals surface area contributed by atoms with Crippen LogP contribution in [0.1, 0.15) is 22.8 Å². The zero-order valence-electron chi connectivity index (χ0n) is 16.0. The molecule has 12 heteroatoms. The van der Waals surface area contributed by atoms with E-state index in [1.165, 1.54) is 37.3 Å². The van der Waals surface area contributed by atoms with Crippen LogP contribution in [0.25, 0.3) is 0 Å². The minimum absolute atomic E-state index is 0.0206. The fourth-order valence-corrected chi connectivity index (χ4v) is 2.43. The number of pyridine rings is 1. The van der Waals surface area contributed by atoms with Gasteiger partial charge in [-0.05, 0) is 30.7 Å². The lowest BCUT2D eigenvalue weighted by molar-refractivity contribution is -0.185. The maximum atomic E-state index is 12.6. The number of hydrogen-bond acceptors (Lipinski definition) is 4. The number of ether oxygens (including phenoxy) is 1. The Labute approximate surface area is 172 Å². The first kappa shape index (κ1) is 24.0. The Kier molecular flexibility index (Phi) is 7.47. The summed E-state index contributed by atoms with van der Waals surface area (Å²) in [5.41, 5.74) is 0.619. The lowest BCUT2D eigenvalue weighted by Crippen LogP contribution is -2.40. The van der Waals surface area contributed by atoms with Gasteiger partial charge in [-0.3, -0.25) is 9.59 Å². The van der Waals surface area contributed by atoms with Crippen LogP contribution in [0.2, 0.25) is 0 Å². The van der Waals surface area contributed by atoms with Crippen LogP contribution in [0.5, 0.6) is 5.88 Å². The van der Waals surface area contributed by atoms with Gasteiger partial charge in [-0.2, -0.15) is 26.3 Å². The summed E-state index contributed by atoms with van der Waals surface area (Å²) >= 11 is 0. The molecule has 0 spiro atoms. The number of amides is 2. The van der Waals surface area contributed by atoms with E-state index in [9.17, 15) is 35.9 Å². The number of halogens is 6. The molecule has 1 N–H and O–H groups in total. The molecule has 1 aromatic heterocycles. The summed E-state index contributed by atoms with van der Waals surface area (Å²) in [7, 11) is 0. The number of aromatic nitrogens is 1. The van der Waals surface area contributed by atoms with E-state index in [0.717, 1.165) is 12.3 Å². The third kappa shape index (κ3) is 7.46. The van der Waals surface area contributed by atoms with Crippen molar-refractivity contribution in [2.75, 3.05) is 18.5 Å². The molecule has 1 aromatic carbocycles. The highest BCUT2D eigenvalue weighted by Crippen LogP contribution is 2.21. The van der Waals surface area contributed by atoms with Crippen molar-refractivity contribution in [3.8, 4) is 5.88 Å². The molecular weight excluding hydrogens is 432 g/mol. The third-order valence-electron chi connectivity index (χ3n) is 3.85. The Morgan fingerprint density at radius 1 is 1.10 bits per heavy atom. The number of alkyl halides is 6. The van der Waals surface area contributed by atoms with Crippen molar-refractivity contribution < 1.29 is 40.7 Å². The van der Waals surface area contributed by atoms with Gasteiger partial charge in [0.05, 0.1) is 5.56 Å². The molecule has 0 aliphatic carbocycles. The quantitative estimate of drug-likeness (QED) is 0.644. The first-order valence-corrected chi connectivity index (χ1v) is 8.81. The summed E-state index contributed by atoms with van der Waals surface area (Å²) < 4.78 is 78.8. The van der Waals surface area contributed by atoms with Crippen LogP contribution in [-0.4, -0.2) is 47.2 Å². The SMILES string of the molecule is CCN(Cc1cccc(NC(=O)c2ccc(OCC(F)(F)F)nc2)c1)C(=O)C(F)(F)F. The van der Waals surface area contributed by atoms with Gasteiger partial charge in [-0.1, -0.05) is 12.1 Å². The van der Waals surface area contributed by atoms with E-state index >= 15 is 0 Å². The van der Waals surface area contributed by atoms with Gasteiger partial charge in [0.25, 0.3) is 5.91 Å². The molecule has 2 amide bonds. The van der Waals surface area contributed by atoms with Crippen molar-refractivity contribution in [3.63, 3.8) is 0 Å². The molecule has 0 saturated carbocycles. The van der Waals surface area contributed by atoms with E-state index in [2.05, 4.69) is 15.0 Å². The summed E-state index contributed by atoms with van der Waals surface area (Å²) in [5.74, 6) is -2.93. The second kappa shape index (κ2) is 9.67. The Bertz CT molecular complexity index is 913. The third-order valence-corrected chi connectivity index (χ3v) is 3.85. The largest absolute Gasteiger partial charge is 0.471 e. The summed E-state index contributed by atoms with van der Waals surface area (Å²) in [5, 5.41) is 2.50. The molecule has 0 radical (unpaired) electrons. The van der Waals surface area contributed by atoms with E-state index in [4.69, 9.17) is 0 Å². The lowest BCUT2D eigenvalue weighted by Gasteiger charge is -2.22. The number of carbonyl (C=O) groups is 2. The van der Waals surface area contributed by atoms with Gasteiger partial charge >= 0.3 is 18.3 Å². The van der Waals surface area contributed by atoms with Gasteiger partial charge in [-0.25, -0.2) is 4.98 Å². The van der Waals surface area contributed by atoms with E-state index in [0.29, 0.717) is 10.5 Å². The molecule has 2 rings (SSSR count). The molecule has 0 aliphatic rings. The molecule has 168 valence electrons. The average Bonchev–Trinajstić information content (AvgIpc) is 2.69. The number of anilines is 1. The lowest BCUT2D eigenvalue weighted by atomic mass is 10.1. The molecule has 1 heterocycles.